The number of carboxylic acids is 1. The standard InChI is InChI=1S/C26H20Cl2FN5O4/c1-12-14-5-7-19(16(14)4-3-15(12)26(37)38)32-25(36)21-9-20(31-23-10-22(28)33-34(21)23)24(35)30-11-13-2-6-18(29)17(27)8-13/h2-4,6,8-10,19H,5,7,11H2,1H3,(H,30,35)(H,32,36)(H,37,38)/t19-/m0/s1. The van der Waals surface area contributed by atoms with Crippen LogP contribution in [0.25, 0.3) is 5.65 Å². The van der Waals surface area contributed by atoms with Crippen molar-refractivity contribution >= 4 is 46.6 Å². The summed E-state index contributed by atoms with van der Waals surface area (Å²) in [4.78, 5) is 42.1. The van der Waals surface area contributed by atoms with Crippen LogP contribution < -0.4 is 10.6 Å². The van der Waals surface area contributed by atoms with E-state index < -0.39 is 23.6 Å². The summed E-state index contributed by atoms with van der Waals surface area (Å²) in [6.07, 6.45) is 1.21. The van der Waals surface area contributed by atoms with Gasteiger partial charge in [0.15, 0.2) is 10.8 Å². The van der Waals surface area contributed by atoms with E-state index in [9.17, 15) is 23.9 Å². The average molecular weight is 556 g/mol. The van der Waals surface area contributed by atoms with Gasteiger partial charge in [0.2, 0.25) is 0 Å². The lowest BCUT2D eigenvalue weighted by Crippen LogP contribution is -2.30. The minimum absolute atomic E-state index is 0.0406. The number of aromatic carboxylic acids is 1. The van der Waals surface area contributed by atoms with Crippen LogP contribution in [0.2, 0.25) is 10.2 Å². The molecule has 0 unspecified atom stereocenters. The fraction of sp³-hybridized carbons (Fsp3) is 0.192. The van der Waals surface area contributed by atoms with E-state index in [1.54, 1.807) is 13.0 Å². The second kappa shape index (κ2) is 10.0. The predicted molar refractivity (Wildman–Crippen MR) is 137 cm³/mol. The Morgan fingerprint density at radius 3 is 2.66 bits per heavy atom. The first kappa shape index (κ1) is 25.6. The van der Waals surface area contributed by atoms with Crippen molar-refractivity contribution in [2.75, 3.05) is 0 Å². The second-order valence-electron chi connectivity index (χ2n) is 8.87. The van der Waals surface area contributed by atoms with E-state index in [1.807, 2.05) is 0 Å². The molecule has 2 aromatic heterocycles. The predicted octanol–water partition coefficient (Wildman–Crippen LogP) is 4.53. The molecule has 0 radical (unpaired) electrons. The number of fused-ring (bicyclic) bond motifs is 2. The molecule has 1 aliphatic carbocycles. The van der Waals surface area contributed by atoms with Gasteiger partial charge in [0.05, 0.1) is 16.6 Å². The van der Waals surface area contributed by atoms with Gasteiger partial charge < -0.3 is 15.7 Å². The summed E-state index contributed by atoms with van der Waals surface area (Å²) in [5.74, 6) is -2.64. The number of nitrogens with zero attached hydrogens (tertiary/aromatic N) is 3. The molecular weight excluding hydrogens is 536 g/mol. The van der Waals surface area contributed by atoms with Crippen LogP contribution in [0.3, 0.4) is 0 Å². The Morgan fingerprint density at radius 1 is 1.13 bits per heavy atom. The van der Waals surface area contributed by atoms with Crippen molar-refractivity contribution in [1.82, 2.24) is 25.2 Å². The van der Waals surface area contributed by atoms with Crippen LogP contribution in [-0.4, -0.2) is 37.5 Å². The number of hydrogen-bond acceptors (Lipinski definition) is 5. The van der Waals surface area contributed by atoms with Crippen molar-refractivity contribution in [2.24, 2.45) is 0 Å². The van der Waals surface area contributed by atoms with Gasteiger partial charge in [0.1, 0.15) is 17.2 Å². The maximum atomic E-state index is 13.4. The third-order valence-electron chi connectivity index (χ3n) is 6.53. The van der Waals surface area contributed by atoms with Crippen LogP contribution in [0.15, 0.2) is 42.5 Å². The molecule has 0 saturated heterocycles. The van der Waals surface area contributed by atoms with Gasteiger partial charge in [-0.1, -0.05) is 35.3 Å². The molecule has 0 spiro atoms. The molecule has 2 amide bonds. The van der Waals surface area contributed by atoms with E-state index in [1.165, 1.54) is 40.9 Å². The van der Waals surface area contributed by atoms with Crippen molar-refractivity contribution in [1.29, 1.82) is 0 Å². The van der Waals surface area contributed by atoms with Crippen LogP contribution in [0.1, 0.15) is 66.1 Å². The fourth-order valence-electron chi connectivity index (χ4n) is 4.64. The van der Waals surface area contributed by atoms with Gasteiger partial charge in [-0.3, -0.25) is 9.59 Å². The van der Waals surface area contributed by atoms with Crippen LogP contribution in [0.4, 0.5) is 4.39 Å². The number of hydrogen-bond donors (Lipinski definition) is 3. The van der Waals surface area contributed by atoms with E-state index >= 15 is 0 Å². The molecule has 1 atom stereocenters. The summed E-state index contributed by atoms with van der Waals surface area (Å²) in [5.41, 5.74) is 3.45. The molecule has 12 heteroatoms. The highest BCUT2D eigenvalue weighted by Crippen LogP contribution is 2.35. The lowest BCUT2D eigenvalue weighted by atomic mass is 9.98. The first-order valence-corrected chi connectivity index (χ1v) is 12.3. The number of amides is 2. The molecule has 38 heavy (non-hydrogen) atoms. The zero-order valence-corrected chi connectivity index (χ0v) is 21.4. The molecule has 4 aromatic rings. The number of aromatic nitrogens is 3. The molecule has 9 nitrogen and oxygen atoms in total. The van der Waals surface area contributed by atoms with Gasteiger partial charge in [-0.15, -0.1) is 0 Å². The topological polar surface area (TPSA) is 126 Å². The number of carbonyl (C=O) groups is 3. The third kappa shape index (κ3) is 4.80. The van der Waals surface area contributed by atoms with Crippen molar-refractivity contribution < 1.29 is 23.9 Å². The van der Waals surface area contributed by atoms with Gasteiger partial charge in [-0.25, -0.2) is 18.7 Å². The van der Waals surface area contributed by atoms with Crippen molar-refractivity contribution in [3.8, 4) is 0 Å². The Labute approximate surface area is 225 Å². The smallest absolute Gasteiger partial charge is 0.335 e. The minimum atomic E-state index is -0.999. The molecule has 5 rings (SSSR count). The van der Waals surface area contributed by atoms with Gasteiger partial charge in [0, 0.05) is 18.7 Å². The zero-order chi connectivity index (χ0) is 27.1. The lowest BCUT2D eigenvalue weighted by molar-refractivity contribution is 0.0695. The molecule has 2 aromatic carbocycles. The monoisotopic (exact) mass is 555 g/mol. The number of carboxylic acid groups (broad SMARTS) is 1. The van der Waals surface area contributed by atoms with E-state index in [0.717, 1.165) is 11.1 Å². The van der Waals surface area contributed by atoms with E-state index in [-0.39, 0.29) is 45.4 Å². The molecule has 194 valence electrons. The normalized spacial score (nSPS) is 14.4. The molecule has 0 bridgehead atoms. The van der Waals surface area contributed by atoms with E-state index in [0.29, 0.717) is 24.0 Å². The first-order valence-electron chi connectivity index (χ1n) is 11.6. The van der Waals surface area contributed by atoms with Crippen LogP contribution in [0, 0.1) is 12.7 Å². The van der Waals surface area contributed by atoms with Crippen molar-refractivity contribution in [3.63, 3.8) is 0 Å². The highest BCUT2D eigenvalue weighted by molar-refractivity contribution is 6.30. The Kier molecular flexibility index (Phi) is 6.77. The summed E-state index contributed by atoms with van der Waals surface area (Å²) in [6.45, 7) is 1.82. The molecule has 0 saturated carbocycles. The van der Waals surface area contributed by atoms with Gasteiger partial charge in [-0.2, -0.15) is 5.10 Å². The maximum absolute atomic E-state index is 13.4. The van der Waals surface area contributed by atoms with Crippen LogP contribution in [-0.2, 0) is 13.0 Å². The SMILES string of the molecule is Cc1c(C(=O)O)ccc2c1CC[C@@H]2NC(=O)c1cc(C(=O)NCc2ccc(F)c(Cl)c2)nc2cc(Cl)nn12. The lowest BCUT2D eigenvalue weighted by Gasteiger charge is -2.16. The van der Waals surface area contributed by atoms with E-state index in [4.69, 9.17) is 23.2 Å². The number of benzene rings is 2. The number of nitrogens with one attached hydrogen (secondary N) is 2. The summed E-state index contributed by atoms with van der Waals surface area (Å²) in [7, 11) is 0. The fourth-order valence-corrected chi connectivity index (χ4v) is 5.02. The molecule has 0 aliphatic heterocycles. The Hall–Kier alpha value is -4.02. The Bertz CT molecular complexity index is 1640. The second-order valence-corrected chi connectivity index (χ2v) is 9.67. The zero-order valence-electron chi connectivity index (χ0n) is 19.9. The molecule has 3 N–H and O–H groups in total. The Balaban J connectivity index is 1.40. The van der Waals surface area contributed by atoms with E-state index in [2.05, 4.69) is 20.7 Å². The number of halogens is 3. The minimum Gasteiger partial charge on any atom is -0.478 e. The quantitative estimate of drug-likeness (QED) is 0.321. The van der Waals surface area contributed by atoms with Gasteiger partial charge in [0.25, 0.3) is 11.8 Å². The first-order chi connectivity index (χ1) is 18.1. The van der Waals surface area contributed by atoms with Crippen LogP contribution >= 0.6 is 23.2 Å². The highest BCUT2D eigenvalue weighted by atomic mass is 35.5. The third-order valence-corrected chi connectivity index (χ3v) is 7.00. The summed E-state index contributed by atoms with van der Waals surface area (Å²) in [5, 5.41) is 19.2. The number of rotatable bonds is 6. The highest BCUT2D eigenvalue weighted by Gasteiger charge is 2.29. The summed E-state index contributed by atoms with van der Waals surface area (Å²) in [6, 6.07) is 9.75. The average Bonchev–Trinajstić information content (AvgIpc) is 3.46. The Morgan fingerprint density at radius 2 is 1.92 bits per heavy atom. The summed E-state index contributed by atoms with van der Waals surface area (Å²) < 4.78 is 14.7. The van der Waals surface area contributed by atoms with Crippen molar-refractivity contribution in [2.45, 2.75) is 32.4 Å². The van der Waals surface area contributed by atoms with Gasteiger partial charge in [-0.05, 0) is 60.2 Å². The summed E-state index contributed by atoms with van der Waals surface area (Å²) >= 11 is 11.9. The van der Waals surface area contributed by atoms with Gasteiger partial charge >= 0.3 is 5.97 Å². The molecule has 2 heterocycles. The van der Waals surface area contributed by atoms with Crippen LogP contribution in [0.5, 0.6) is 0 Å². The molecular formula is C26H20Cl2FN5O4. The number of carbonyl (C=O) groups excluding carboxylic acids is 2. The molecule has 1 aliphatic rings. The molecule has 0 fully saturated rings. The largest absolute Gasteiger partial charge is 0.478 e. The maximum Gasteiger partial charge on any atom is 0.335 e. The van der Waals surface area contributed by atoms with Crippen molar-refractivity contribution in [3.05, 3.63) is 97.7 Å².